The number of carbonyl (C=O) groups is 3. The van der Waals surface area contributed by atoms with Crippen molar-refractivity contribution in [3.63, 3.8) is 0 Å². The van der Waals surface area contributed by atoms with Crippen molar-refractivity contribution in [3.05, 3.63) is 0 Å². The first-order valence-corrected chi connectivity index (χ1v) is 6.10. The van der Waals surface area contributed by atoms with Crippen molar-refractivity contribution >= 4 is 17.9 Å². The Hall–Kier alpha value is -1.79. The summed E-state index contributed by atoms with van der Waals surface area (Å²) in [5.41, 5.74) is 0. The van der Waals surface area contributed by atoms with E-state index < -0.39 is 18.1 Å². The van der Waals surface area contributed by atoms with Crippen LogP contribution < -0.4 is 5.32 Å². The van der Waals surface area contributed by atoms with Crippen molar-refractivity contribution < 1.29 is 19.5 Å². The summed E-state index contributed by atoms with van der Waals surface area (Å²) in [6.45, 7) is 2.94. The number of rotatable bonds is 1. The van der Waals surface area contributed by atoms with Crippen LogP contribution in [0.1, 0.15) is 19.8 Å². The molecule has 7 nitrogen and oxygen atoms in total. The normalized spacial score (nSPS) is 28.2. The molecular weight excluding hydrogens is 238 g/mol. The predicted molar refractivity (Wildman–Crippen MR) is 61.9 cm³/mol. The van der Waals surface area contributed by atoms with E-state index in [0.29, 0.717) is 32.5 Å². The Morgan fingerprint density at radius 3 is 2.72 bits per heavy atom. The number of carbonyl (C=O) groups excluding carboxylic acids is 2. The van der Waals surface area contributed by atoms with Crippen molar-refractivity contribution in [1.29, 1.82) is 0 Å². The van der Waals surface area contributed by atoms with E-state index >= 15 is 0 Å². The van der Waals surface area contributed by atoms with E-state index in [1.807, 2.05) is 0 Å². The smallest absolute Gasteiger partial charge is 0.326 e. The number of hydrogen-bond donors (Lipinski definition) is 2. The van der Waals surface area contributed by atoms with Gasteiger partial charge in [0, 0.05) is 19.6 Å². The van der Waals surface area contributed by atoms with Crippen LogP contribution in [-0.2, 0) is 9.59 Å². The first kappa shape index (κ1) is 12.7. The highest BCUT2D eigenvalue weighted by molar-refractivity contribution is 5.89. The summed E-state index contributed by atoms with van der Waals surface area (Å²) in [6, 6.07) is -1.64. The highest BCUT2D eigenvalue weighted by Gasteiger charge is 2.39. The van der Waals surface area contributed by atoms with Crippen molar-refractivity contribution in [2.45, 2.75) is 31.8 Å². The number of aliphatic carboxylic acids is 1. The zero-order chi connectivity index (χ0) is 13.3. The van der Waals surface area contributed by atoms with Gasteiger partial charge in [-0.1, -0.05) is 0 Å². The molecule has 1 unspecified atom stereocenters. The lowest BCUT2D eigenvalue weighted by Gasteiger charge is -2.36. The average Bonchev–Trinajstić information content (AvgIpc) is 2.81. The maximum atomic E-state index is 12.3. The lowest BCUT2D eigenvalue weighted by molar-refractivity contribution is -0.141. The molecule has 0 saturated carbocycles. The molecule has 0 aromatic rings. The maximum absolute atomic E-state index is 12.3. The third-order valence-electron chi connectivity index (χ3n) is 3.53. The number of amides is 3. The predicted octanol–water partition coefficient (Wildman–Crippen LogP) is -0.524. The van der Waals surface area contributed by atoms with Crippen LogP contribution in [0.4, 0.5) is 4.79 Å². The molecule has 2 aliphatic rings. The van der Waals surface area contributed by atoms with Gasteiger partial charge in [0.25, 0.3) is 0 Å². The van der Waals surface area contributed by atoms with E-state index in [1.54, 1.807) is 6.92 Å². The topological polar surface area (TPSA) is 90.0 Å². The number of nitrogens with zero attached hydrogens (tertiary/aromatic N) is 2. The number of carboxylic acid groups (broad SMARTS) is 1. The third kappa shape index (κ3) is 2.12. The van der Waals surface area contributed by atoms with Gasteiger partial charge >= 0.3 is 12.0 Å². The van der Waals surface area contributed by atoms with Gasteiger partial charge in [0.1, 0.15) is 12.1 Å². The van der Waals surface area contributed by atoms with Crippen LogP contribution in [0.25, 0.3) is 0 Å². The minimum absolute atomic E-state index is 0.194. The Morgan fingerprint density at radius 2 is 2.06 bits per heavy atom. The van der Waals surface area contributed by atoms with E-state index in [0.717, 1.165) is 0 Å². The summed E-state index contributed by atoms with van der Waals surface area (Å²) < 4.78 is 0. The van der Waals surface area contributed by atoms with Crippen LogP contribution in [0.15, 0.2) is 0 Å². The van der Waals surface area contributed by atoms with Gasteiger partial charge in [0.05, 0.1) is 0 Å². The zero-order valence-electron chi connectivity index (χ0n) is 10.3. The number of nitrogens with one attached hydrogen (secondary N) is 1. The molecule has 100 valence electrons. The van der Waals surface area contributed by atoms with Crippen LogP contribution in [0.5, 0.6) is 0 Å². The fraction of sp³-hybridized carbons (Fsp3) is 0.727. The van der Waals surface area contributed by atoms with Crippen molar-refractivity contribution in [1.82, 2.24) is 15.1 Å². The van der Waals surface area contributed by atoms with E-state index in [-0.39, 0.29) is 11.9 Å². The van der Waals surface area contributed by atoms with Gasteiger partial charge in [-0.05, 0) is 19.8 Å². The highest BCUT2D eigenvalue weighted by atomic mass is 16.4. The van der Waals surface area contributed by atoms with Gasteiger partial charge in [-0.3, -0.25) is 4.79 Å². The number of likely N-dealkylation sites (tertiary alicyclic amines) is 1. The van der Waals surface area contributed by atoms with E-state index in [2.05, 4.69) is 5.32 Å². The number of carboxylic acids is 1. The van der Waals surface area contributed by atoms with Gasteiger partial charge in [-0.25, -0.2) is 9.59 Å². The highest BCUT2D eigenvalue weighted by Crippen LogP contribution is 2.20. The Labute approximate surface area is 105 Å². The Morgan fingerprint density at radius 1 is 1.33 bits per heavy atom. The Bertz CT molecular complexity index is 380. The van der Waals surface area contributed by atoms with Crippen LogP contribution in [0.2, 0.25) is 0 Å². The summed E-state index contributed by atoms with van der Waals surface area (Å²) >= 11 is 0. The van der Waals surface area contributed by atoms with E-state index in [9.17, 15) is 14.4 Å². The summed E-state index contributed by atoms with van der Waals surface area (Å²) in [5, 5.41) is 11.7. The molecule has 3 amide bonds. The fourth-order valence-corrected chi connectivity index (χ4v) is 2.46. The molecule has 2 saturated heterocycles. The monoisotopic (exact) mass is 255 g/mol. The third-order valence-corrected chi connectivity index (χ3v) is 3.53. The number of urea groups is 1. The molecule has 2 heterocycles. The molecule has 18 heavy (non-hydrogen) atoms. The molecule has 0 aliphatic carbocycles. The molecule has 0 radical (unpaired) electrons. The minimum atomic E-state index is -0.977. The molecule has 2 N–H and O–H groups in total. The molecule has 2 fully saturated rings. The SMILES string of the molecule is CC1C(=O)NCCN1C(=O)N1CCC[C@H]1C(=O)O. The lowest BCUT2D eigenvalue weighted by atomic mass is 10.2. The quantitative estimate of drug-likeness (QED) is 0.659. The summed E-state index contributed by atoms with van der Waals surface area (Å²) in [6.07, 6.45) is 1.17. The van der Waals surface area contributed by atoms with Gasteiger partial charge < -0.3 is 20.2 Å². The van der Waals surface area contributed by atoms with Crippen molar-refractivity contribution in [3.8, 4) is 0 Å². The minimum Gasteiger partial charge on any atom is -0.480 e. The first-order chi connectivity index (χ1) is 8.52. The zero-order valence-corrected chi connectivity index (χ0v) is 10.3. The largest absolute Gasteiger partial charge is 0.480 e. The van der Waals surface area contributed by atoms with Gasteiger partial charge in [-0.15, -0.1) is 0 Å². The molecule has 0 aromatic carbocycles. The molecule has 2 rings (SSSR count). The number of piperazine rings is 1. The first-order valence-electron chi connectivity index (χ1n) is 6.10. The number of hydrogen-bond acceptors (Lipinski definition) is 3. The van der Waals surface area contributed by atoms with E-state index in [1.165, 1.54) is 9.80 Å². The van der Waals surface area contributed by atoms with Crippen LogP contribution in [0.3, 0.4) is 0 Å². The second-order valence-electron chi connectivity index (χ2n) is 4.63. The molecule has 0 spiro atoms. The van der Waals surface area contributed by atoms with Gasteiger partial charge in [0.15, 0.2) is 0 Å². The molecule has 0 bridgehead atoms. The molecule has 2 atom stereocenters. The second kappa shape index (κ2) is 4.83. The summed E-state index contributed by atoms with van der Waals surface area (Å²) in [7, 11) is 0. The molecule has 7 heteroatoms. The van der Waals surface area contributed by atoms with E-state index in [4.69, 9.17) is 5.11 Å². The van der Waals surface area contributed by atoms with Crippen molar-refractivity contribution in [2.24, 2.45) is 0 Å². The molecule has 2 aliphatic heterocycles. The van der Waals surface area contributed by atoms with Crippen molar-refractivity contribution in [2.75, 3.05) is 19.6 Å². The second-order valence-corrected chi connectivity index (χ2v) is 4.63. The molecular formula is C11H17N3O4. The lowest BCUT2D eigenvalue weighted by Crippen LogP contribution is -2.60. The molecule has 0 aromatic heterocycles. The maximum Gasteiger partial charge on any atom is 0.326 e. The Kier molecular flexibility index (Phi) is 3.40. The average molecular weight is 255 g/mol. The van der Waals surface area contributed by atoms with Gasteiger partial charge in [0.2, 0.25) is 5.91 Å². The van der Waals surface area contributed by atoms with Gasteiger partial charge in [-0.2, -0.15) is 0 Å². The standard InChI is InChI=1S/C11H17N3O4/c1-7-9(15)12-4-6-13(7)11(18)14-5-2-3-8(14)10(16)17/h7-8H,2-6H2,1H3,(H,12,15)(H,16,17)/t7?,8-/m0/s1. The van der Waals surface area contributed by atoms with Crippen LogP contribution in [-0.4, -0.2) is 64.5 Å². The summed E-state index contributed by atoms with van der Waals surface area (Å²) in [4.78, 5) is 37.6. The summed E-state index contributed by atoms with van der Waals surface area (Å²) in [5.74, 6) is -1.17. The fourth-order valence-electron chi connectivity index (χ4n) is 2.46. The van der Waals surface area contributed by atoms with Crippen LogP contribution in [0, 0.1) is 0 Å². The Balaban J connectivity index is 2.10. The van der Waals surface area contributed by atoms with Crippen LogP contribution >= 0.6 is 0 Å².